The SMILES string of the molecule is O=C(CC(O)c1ccc(Cl)cc1)NCc1ccc(Cl)nc1. The Morgan fingerprint density at radius 3 is 2.52 bits per heavy atom. The number of halogens is 2. The van der Waals surface area contributed by atoms with Crippen molar-refractivity contribution in [1.82, 2.24) is 10.3 Å². The first kappa shape index (κ1) is 15.8. The molecule has 0 aliphatic heterocycles. The highest BCUT2D eigenvalue weighted by Crippen LogP contribution is 2.19. The van der Waals surface area contributed by atoms with Crippen molar-refractivity contribution in [2.75, 3.05) is 0 Å². The zero-order valence-corrected chi connectivity index (χ0v) is 12.6. The molecule has 0 saturated carbocycles. The van der Waals surface area contributed by atoms with E-state index in [1.54, 1.807) is 42.6 Å². The standard InChI is InChI=1S/C15H14Cl2N2O2/c16-12-4-2-11(3-5-12)13(20)7-15(21)19-9-10-1-6-14(17)18-8-10/h1-6,8,13,20H,7,9H2,(H,19,21). The fourth-order valence-electron chi connectivity index (χ4n) is 1.76. The fraction of sp³-hybridized carbons (Fsp3) is 0.200. The molecule has 1 atom stereocenters. The molecule has 4 nitrogen and oxygen atoms in total. The molecular formula is C15H14Cl2N2O2. The summed E-state index contributed by atoms with van der Waals surface area (Å²) >= 11 is 11.5. The summed E-state index contributed by atoms with van der Waals surface area (Å²) in [5, 5.41) is 13.7. The van der Waals surface area contributed by atoms with Crippen LogP contribution in [0.3, 0.4) is 0 Å². The number of aliphatic hydroxyl groups is 1. The Balaban J connectivity index is 1.83. The number of carbonyl (C=O) groups excluding carboxylic acids is 1. The summed E-state index contributed by atoms with van der Waals surface area (Å²) in [6, 6.07) is 10.2. The van der Waals surface area contributed by atoms with Crippen LogP contribution in [-0.4, -0.2) is 16.0 Å². The predicted molar refractivity (Wildman–Crippen MR) is 82.1 cm³/mol. The molecule has 0 bridgehead atoms. The minimum atomic E-state index is -0.856. The van der Waals surface area contributed by atoms with E-state index in [0.717, 1.165) is 5.56 Å². The summed E-state index contributed by atoms with van der Waals surface area (Å²) in [4.78, 5) is 15.7. The van der Waals surface area contributed by atoms with Crippen molar-refractivity contribution in [1.29, 1.82) is 0 Å². The van der Waals surface area contributed by atoms with Gasteiger partial charge in [0.2, 0.25) is 5.91 Å². The third-order valence-electron chi connectivity index (χ3n) is 2.91. The van der Waals surface area contributed by atoms with Gasteiger partial charge in [-0.25, -0.2) is 4.98 Å². The lowest BCUT2D eigenvalue weighted by Gasteiger charge is -2.11. The predicted octanol–water partition coefficient (Wildman–Crippen LogP) is 3.13. The van der Waals surface area contributed by atoms with Crippen LogP contribution in [0.4, 0.5) is 0 Å². The Hall–Kier alpha value is -1.62. The molecule has 0 spiro atoms. The van der Waals surface area contributed by atoms with Crippen molar-refractivity contribution < 1.29 is 9.90 Å². The molecule has 1 heterocycles. The number of hydrogen-bond donors (Lipinski definition) is 2. The zero-order chi connectivity index (χ0) is 15.2. The molecule has 1 aromatic carbocycles. The highest BCUT2D eigenvalue weighted by atomic mass is 35.5. The molecule has 0 aliphatic rings. The van der Waals surface area contributed by atoms with Crippen LogP contribution in [0.2, 0.25) is 10.2 Å². The number of nitrogens with zero attached hydrogens (tertiary/aromatic N) is 1. The molecule has 1 unspecified atom stereocenters. The molecule has 1 aromatic heterocycles. The number of carbonyl (C=O) groups is 1. The number of benzene rings is 1. The monoisotopic (exact) mass is 324 g/mol. The number of amides is 1. The number of pyridine rings is 1. The molecule has 2 rings (SSSR count). The second kappa shape index (κ2) is 7.41. The van der Waals surface area contributed by atoms with Gasteiger partial charge in [0.05, 0.1) is 12.5 Å². The first-order valence-electron chi connectivity index (χ1n) is 6.35. The summed E-state index contributed by atoms with van der Waals surface area (Å²) in [5.41, 5.74) is 1.50. The van der Waals surface area contributed by atoms with Crippen molar-refractivity contribution >= 4 is 29.1 Å². The summed E-state index contributed by atoms with van der Waals surface area (Å²) in [6.45, 7) is 0.344. The van der Waals surface area contributed by atoms with Gasteiger partial charge in [-0.05, 0) is 29.3 Å². The maximum absolute atomic E-state index is 11.8. The third kappa shape index (κ3) is 5.01. The van der Waals surface area contributed by atoms with Gasteiger partial charge in [-0.3, -0.25) is 4.79 Å². The number of aliphatic hydroxyl groups excluding tert-OH is 1. The van der Waals surface area contributed by atoms with Crippen LogP contribution in [-0.2, 0) is 11.3 Å². The molecule has 0 radical (unpaired) electrons. The number of hydrogen-bond acceptors (Lipinski definition) is 3. The molecule has 110 valence electrons. The van der Waals surface area contributed by atoms with Gasteiger partial charge in [0, 0.05) is 17.8 Å². The van der Waals surface area contributed by atoms with Gasteiger partial charge in [-0.15, -0.1) is 0 Å². The van der Waals surface area contributed by atoms with Crippen LogP contribution >= 0.6 is 23.2 Å². The van der Waals surface area contributed by atoms with E-state index in [-0.39, 0.29) is 12.3 Å². The molecule has 2 N–H and O–H groups in total. The summed E-state index contributed by atoms with van der Waals surface area (Å²) in [6.07, 6.45) is 0.728. The average molecular weight is 325 g/mol. The lowest BCUT2D eigenvalue weighted by Crippen LogP contribution is -2.24. The molecule has 0 fully saturated rings. The topological polar surface area (TPSA) is 62.2 Å². The van der Waals surface area contributed by atoms with E-state index in [4.69, 9.17) is 23.2 Å². The van der Waals surface area contributed by atoms with E-state index in [1.807, 2.05) is 0 Å². The molecule has 1 amide bonds. The van der Waals surface area contributed by atoms with E-state index < -0.39 is 6.10 Å². The van der Waals surface area contributed by atoms with Gasteiger partial charge in [0.25, 0.3) is 0 Å². The van der Waals surface area contributed by atoms with Gasteiger partial charge < -0.3 is 10.4 Å². The Bertz CT molecular complexity index is 600. The van der Waals surface area contributed by atoms with Crippen LogP contribution in [0.1, 0.15) is 23.7 Å². The van der Waals surface area contributed by atoms with E-state index >= 15 is 0 Å². The van der Waals surface area contributed by atoms with E-state index in [0.29, 0.717) is 22.3 Å². The Kier molecular flexibility index (Phi) is 5.56. The van der Waals surface area contributed by atoms with Crippen molar-refractivity contribution in [3.05, 3.63) is 63.9 Å². The number of aromatic nitrogens is 1. The molecule has 2 aromatic rings. The van der Waals surface area contributed by atoms with Gasteiger partial charge in [0.1, 0.15) is 5.15 Å². The molecule has 6 heteroatoms. The zero-order valence-electron chi connectivity index (χ0n) is 11.1. The fourth-order valence-corrected chi connectivity index (χ4v) is 2.00. The van der Waals surface area contributed by atoms with E-state index in [9.17, 15) is 9.90 Å². The number of rotatable bonds is 5. The maximum Gasteiger partial charge on any atom is 0.223 e. The highest BCUT2D eigenvalue weighted by molar-refractivity contribution is 6.30. The summed E-state index contributed by atoms with van der Waals surface area (Å²) in [5.74, 6) is -0.243. The average Bonchev–Trinajstić information content (AvgIpc) is 2.47. The lowest BCUT2D eigenvalue weighted by atomic mass is 10.1. The van der Waals surface area contributed by atoms with Gasteiger partial charge in [0.15, 0.2) is 0 Å². The van der Waals surface area contributed by atoms with E-state index in [1.165, 1.54) is 0 Å². The van der Waals surface area contributed by atoms with Gasteiger partial charge >= 0.3 is 0 Å². The maximum atomic E-state index is 11.8. The lowest BCUT2D eigenvalue weighted by molar-refractivity contribution is -0.123. The quantitative estimate of drug-likeness (QED) is 0.830. The van der Waals surface area contributed by atoms with Crippen LogP contribution < -0.4 is 5.32 Å². The van der Waals surface area contributed by atoms with Crippen LogP contribution in [0.5, 0.6) is 0 Å². The van der Waals surface area contributed by atoms with Crippen molar-refractivity contribution in [2.24, 2.45) is 0 Å². The second-order valence-corrected chi connectivity index (χ2v) is 5.36. The first-order chi connectivity index (χ1) is 10.0. The Morgan fingerprint density at radius 1 is 1.19 bits per heavy atom. The Morgan fingerprint density at radius 2 is 1.90 bits per heavy atom. The molecule has 0 saturated heterocycles. The van der Waals surface area contributed by atoms with Crippen LogP contribution in [0.15, 0.2) is 42.6 Å². The van der Waals surface area contributed by atoms with Gasteiger partial charge in [-0.2, -0.15) is 0 Å². The van der Waals surface area contributed by atoms with Crippen molar-refractivity contribution in [2.45, 2.75) is 19.1 Å². The molecular weight excluding hydrogens is 311 g/mol. The summed E-state index contributed by atoms with van der Waals surface area (Å²) in [7, 11) is 0. The largest absolute Gasteiger partial charge is 0.388 e. The van der Waals surface area contributed by atoms with Crippen molar-refractivity contribution in [3.8, 4) is 0 Å². The Labute approximate surface area is 132 Å². The normalized spacial score (nSPS) is 12.0. The number of nitrogens with one attached hydrogen (secondary N) is 1. The second-order valence-electron chi connectivity index (χ2n) is 4.54. The third-order valence-corrected chi connectivity index (χ3v) is 3.39. The van der Waals surface area contributed by atoms with Crippen molar-refractivity contribution in [3.63, 3.8) is 0 Å². The smallest absolute Gasteiger partial charge is 0.223 e. The van der Waals surface area contributed by atoms with Crippen LogP contribution in [0, 0.1) is 0 Å². The first-order valence-corrected chi connectivity index (χ1v) is 7.11. The highest BCUT2D eigenvalue weighted by Gasteiger charge is 2.12. The van der Waals surface area contributed by atoms with E-state index in [2.05, 4.69) is 10.3 Å². The van der Waals surface area contributed by atoms with Gasteiger partial charge in [-0.1, -0.05) is 41.4 Å². The molecule has 0 aliphatic carbocycles. The molecule has 21 heavy (non-hydrogen) atoms. The van der Waals surface area contributed by atoms with Crippen LogP contribution in [0.25, 0.3) is 0 Å². The summed E-state index contributed by atoms with van der Waals surface area (Å²) < 4.78 is 0. The minimum Gasteiger partial charge on any atom is -0.388 e. The minimum absolute atomic E-state index is 0.0113.